The molecule has 1 heterocycles. The Hall–Kier alpha value is -2.96. The molecule has 0 saturated carbocycles. The van der Waals surface area contributed by atoms with Gasteiger partial charge in [-0.25, -0.2) is 4.98 Å². The molecule has 0 saturated heterocycles. The van der Waals surface area contributed by atoms with Gasteiger partial charge in [0.05, 0.1) is 31.0 Å². The minimum absolute atomic E-state index is 0.356. The first-order valence-electron chi connectivity index (χ1n) is 7.75. The van der Waals surface area contributed by atoms with Gasteiger partial charge in [-0.1, -0.05) is 12.1 Å². The Kier molecular flexibility index (Phi) is 4.39. The fraction of sp³-hybridized carbons (Fsp3) is 0.211. The first kappa shape index (κ1) is 17.8. The van der Waals surface area contributed by atoms with Gasteiger partial charge in [0.1, 0.15) is 5.75 Å². The van der Waals surface area contributed by atoms with E-state index in [0.717, 1.165) is 17.7 Å². The molecule has 2 aromatic carbocycles. The van der Waals surface area contributed by atoms with Gasteiger partial charge in [0.15, 0.2) is 0 Å². The third kappa shape index (κ3) is 3.00. The molecule has 3 rings (SSSR count). The summed E-state index contributed by atoms with van der Waals surface area (Å²) in [5, 5.41) is 0.627. The zero-order chi connectivity index (χ0) is 19.1. The lowest BCUT2D eigenvalue weighted by Gasteiger charge is -2.17. The quantitative estimate of drug-likeness (QED) is 0.678. The molecule has 0 atom stereocenters. The Labute approximate surface area is 148 Å². The van der Waals surface area contributed by atoms with E-state index >= 15 is 0 Å². The zero-order valence-electron chi connectivity index (χ0n) is 14.4. The largest absolute Gasteiger partial charge is 0.496 e. The molecule has 0 aliphatic carbocycles. The predicted octanol–water partition coefficient (Wildman–Crippen LogP) is 4.83. The Morgan fingerprint density at radius 3 is 2.38 bits per heavy atom. The van der Waals surface area contributed by atoms with Crippen LogP contribution in [0.5, 0.6) is 11.6 Å². The molecule has 0 radical (unpaired) electrons. The number of rotatable bonds is 3. The van der Waals surface area contributed by atoms with Crippen molar-refractivity contribution in [3.05, 3.63) is 47.5 Å². The zero-order valence-corrected chi connectivity index (χ0v) is 14.4. The van der Waals surface area contributed by atoms with Crippen LogP contribution in [-0.4, -0.2) is 19.2 Å². The molecule has 4 nitrogen and oxygen atoms in total. The first-order chi connectivity index (χ1) is 12.3. The lowest BCUT2D eigenvalue weighted by Crippen LogP contribution is -2.05. The molecular formula is C19H17F3N2O2. The Morgan fingerprint density at radius 1 is 1.04 bits per heavy atom. The van der Waals surface area contributed by atoms with Crippen LogP contribution in [0.15, 0.2) is 36.4 Å². The summed E-state index contributed by atoms with van der Waals surface area (Å²) < 4.78 is 50.0. The summed E-state index contributed by atoms with van der Waals surface area (Å²) >= 11 is 0. The number of aromatic nitrogens is 1. The van der Waals surface area contributed by atoms with E-state index in [-0.39, 0.29) is 0 Å². The van der Waals surface area contributed by atoms with Gasteiger partial charge in [0, 0.05) is 23.1 Å². The number of nitrogen functional groups attached to an aromatic ring is 1. The number of fused-ring (bicyclic) bond motifs is 1. The lowest BCUT2D eigenvalue weighted by atomic mass is 9.94. The second-order valence-electron chi connectivity index (χ2n) is 5.83. The van der Waals surface area contributed by atoms with Crippen LogP contribution < -0.4 is 15.2 Å². The van der Waals surface area contributed by atoms with Gasteiger partial charge in [-0.3, -0.25) is 0 Å². The molecule has 26 heavy (non-hydrogen) atoms. The van der Waals surface area contributed by atoms with Crippen molar-refractivity contribution in [3.8, 4) is 22.8 Å². The van der Waals surface area contributed by atoms with Crippen LogP contribution in [-0.2, 0) is 6.18 Å². The number of anilines is 1. The number of alkyl halides is 3. The summed E-state index contributed by atoms with van der Waals surface area (Å²) in [4.78, 5) is 4.36. The number of methoxy groups -OCH3 is 2. The van der Waals surface area contributed by atoms with E-state index < -0.39 is 11.7 Å². The topological polar surface area (TPSA) is 57.4 Å². The normalized spacial score (nSPS) is 11.6. The monoisotopic (exact) mass is 362 g/mol. The summed E-state index contributed by atoms with van der Waals surface area (Å²) in [5.74, 6) is 0.756. The number of halogens is 3. The average Bonchev–Trinajstić information content (AvgIpc) is 2.61. The SMILES string of the molecule is COc1cc(C)c2c(-c3cccc(C(F)(F)F)c3)c(OC)cc(N)c2n1. The second-order valence-corrected chi connectivity index (χ2v) is 5.83. The van der Waals surface area contributed by atoms with Gasteiger partial charge in [0.25, 0.3) is 0 Å². The fourth-order valence-electron chi connectivity index (χ4n) is 2.98. The second kappa shape index (κ2) is 6.40. The van der Waals surface area contributed by atoms with Crippen LogP contribution in [0.2, 0.25) is 0 Å². The van der Waals surface area contributed by atoms with Crippen molar-refractivity contribution in [1.29, 1.82) is 0 Å². The molecule has 0 fully saturated rings. The third-order valence-corrected chi connectivity index (χ3v) is 4.16. The molecule has 0 amide bonds. The van der Waals surface area contributed by atoms with Gasteiger partial charge < -0.3 is 15.2 Å². The minimum atomic E-state index is -4.44. The number of benzene rings is 2. The third-order valence-electron chi connectivity index (χ3n) is 4.16. The van der Waals surface area contributed by atoms with E-state index in [1.54, 1.807) is 18.2 Å². The van der Waals surface area contributed by atoms with E-state index in [9.17, 15) is 13.2 Å². The number of pyridine rings is 1. The van der Waals surface area contributed by atoms with Gasteiger partial charge in [-0.05, 0) is 30.2 Å². The summed E-state index contributed by atoms with van der Waals surface area (Å²) in [5.41, 5.74) is 7.82. The van der Waals surface area contributed by atoms with Crippen LogP contribution >= 0.6 is 0 Å². The number of nitrogens with zero attached hydrogens (tertiary/aromatic N) is 1. The molecule has 136 valence electrons. The smallest absolute Gasteiger partial charge is 0.416 e. The fourth-order valence-corrected chi connectivity index (χ4v) is 2.98. The maximum atomic E-state index is 13.1. The van der Waals surface area contributed by atoms with Gasteiger partial charge in [-0.2, -0.15) is 13.2 Å². The van der Waals surface area contributed by atoms with Crippen LogP contribution in [0.25, 0.3) is 22.0 Å². The summed E-state index contributed by atoms with van der Waals surface area (Å²) in [6.07, 6.45) is -4.44. The van der Waals surface area contributed by atoms with Crippen molar-refractivity contribution in [1.82, 2.24) is 4.98 Å². The molecule has 0 unspecified atom stereocenters. The summed E-state index contributed by atoms with van der Waals surface area (Å²) in [6.45, 7) is 1.82. The highest BCUT2D eigenvalue weighted by atomic mass is 19.4. The van der Waals surface area contributed by atoms with Crippen molar-refractivity contribution >= 4 is 16.6 Å². The van der Waals surface area contributed by atoms with Gasteiger partial charge in [0.2, 0.25) is 5.88 Å². The van der Waals surface area contributed by atoms with Crippen molar-refractivity contribution in [2.24, 2.45) is 0 Å². The van der Waals surface area contributed by atoms with E-state index in [1.807, 2.05) is 6.92 Å². The summed E-state index contributed by atoms with van der Waals surface area (Å²) in [6, 6.07) is 8.36. The highest BCUT2D eigenvalue weighted by Crippen LogP contribution is 2.43. The molecular weight excluding hydrogens is 345 g/mol. The van der Waals surface area contributed by atoms with E-state index in [4.69, 9.17) is 15.2 Å². The minimum Gasteiger partial charge on any atom is -0.496 e. The van der Waals surface area contributed by atoms with E-state index in [0.29, 0.717) is 39.3 Å². The predicted molar refractivity (Wildman–Crippen MR) is 94.4 cm³/mol. The summed E-state index contributed by atoms with van der Waals surface area (Å²) in [7, 11) is 2.94. The highest BCUT2D eigenvalue weighted by molar-refractivity contribution is 6.05. The van der Waals surface area contributed by atoms with Crippen LogP contribution in [0, 0.1) is 6.92 Å². The first-order valence-corrected chi connectivity index (χ1v) is 7.75. The maximum absolute atomic E-state index is 13.1. The highest BCUT2D eigenvalue weighted by Gasteiger charge is 2.31. The molecule has 0 aliphatic rings. The number of ether oxygens (including phenoxy) is 2. The number of aryl methyl sites for hydroxylation is 1. The Bertz CT molecular complexity index is 985. The van der Waals surface area contributed by atoms with E-state index in [2.05, 4.69) is 4.98 Å². The van der Waals surface area contributed by atoms with Crippen molar-refractivity contribution in [3.63, 3.8) is 0 Å². The number of nitrogens with two attached hydrogens (primary N) is 1. The molecule has 3 aromatic rings. The van der Waals surface area contributed by atoms with Gasteiger partial charge >= 0.3 is 6.18 Å². The van der Waals surface area contributed by atoms with Crippen molar-refractivity contribution in [2.45, 2.75) is 13.1 Å². The molecule has 1 aromatic heterocycles. The molecule has 7 heteroatoms. The Balaban J connectivity index is 2.40. The molecule has 0 aliphatic heterocycles. The van der Waals surface area contributed by atoms with Crippen LogP contribution in [0.4, 0.5) is 18.9 Å². The van der Waals surface area contributed by atoms with Crippen molar-refractivity contribution < 1.29 is 22.6 Å². The lowest BCUT2D eigenvalue weighted by molar-refractivity contribution is -0.137. The Morgan fingerprint density at radius 2 is 1.77 bits per heavy atom. The van der Waals surface area contributed by atoms with Gasteiger partial charge in [-0.15, -0.1) is 0 Å². The number of hydrogen-bond donors (Lipinski definition) is 1. The van der Waals surface area contributed by atoms with Crippen LogP contribution in [0.3, 0.4) is 0 Å². The van der Waals surface area contributed by atoms with Crippen LogP contribution in [0.1, 0.15) is 11.1 Å². The van der Waals surface area contributed by atoms with E-state index in [1.165, 1.54) is 20.3 Å². The molecule has 2 N–H and O–H groups in total. The standard InChI is InChI=1S/C19H17F3N2O2/c1-10-7-15(26-3)24-18-13(23)9-14(25-2)17(16(10)18)11-5-4-6-12(8-11)19(20,21)22/h4-9H,23H2,1-3H3. The average molecular weight is 362 g/mol. The number of hydrogen-bond acceptors (Lipinski definition) is 4. The van der Waals surface area contributed by atoms with Crippen molar-refractivity contribution in [2.75, 3.05) is 20.0 Å². The maximum Gasteiger partial charge on any atom is 0.416 e. The molecule has 0 spiro atoms. The molecule has 0 bridgehead atoms.